The second-order valence-electron chi connectivity index (χ2n) is 5.96. The Kier molecular flexibility index (Phi) is 8.18. The molecule has 3 N–H and O–H groups in total. The largest absolute Gasteiger partial charge is 0.467 e. The second-order valence-corrected chi connectivity index (χ2v) is 7.68. The van der Waals surface area contributed by atoms with Gasteiger partial charge in [0, 0.05) is 41.4 Å². The van der Waals surface area contributed by atoms with Crippen LogP contribution in [0.3, 0.4) is 0 Å². The first-order valence-electron chi connectivity index (χ1n) is 8.38. The molecule has 0 radical (unpaired) electrons. The van der Waals surface area contributed by atoms with Gasteiger partial charge in [-0.05, 0) is 36.6 Å². The number of carbonyl (C=O) groups excluding carboxylic acids is 2. The van der Waals surface area contributed by atoms with Crippen molar-refractivity contribution >= 4 is 42.0 Å². The summed E-state index contributed by atoms with van der Waals surface area (Å²) in [4.78, 5) is 24.4. The van der Waals surface area contributed by atoms with Crippen molar-refractivity contribution in [2.75, 3.05) is 31.0 Å². The van der Waals surface area contributed by atoms with Crippen LogP contribution in [0.1, 0.15) is 23.2 Å². The molecular weight excluding hydrogens is 370 g/mol. The van der Waals surface area contributed by atoms with Crippen LogP contribution in [0.25, 0.3) is 0 Å². The first kappa shape index (κ1) is 20.5. The van der Waals surface area contributed by atoms with E-state index in [9.17, 15) is 9.59 Å². The fraction of sp³-hybridized carbons (Fsp3) is 0.444. The van der Waals surface area contributed by atoms with Crippen molar-refractivity contribution in [1.29, 1.82) is 0 Å². The number of carbonyl (C=O) groups is 2. The molecule has 2 atom stereocenters. The van der Waals surface area contributed by atoms with Crippen molar-refractivity contribution in [3.8, 4) is 0 Å². The lowest BCUT2D eigenvalue weighted by molar-refractivity contribution is -0.142. The number of amides is 1. The predicted octanol–water partition coefficient (Wildman–Crippen LogP) is 2.26. The molecule has 0 aromatic heterocycles. The average molecular weight is 396 g/mol. The Bertz CT molecular complexity index is 667. The molecule has 142 valence electrons. The van der Waals surface area contributed by atoms with E-state index in [0.717, 1.165) is 30.1 Å². The SMILES string of the molecule is COC(=O)C(CCSC)NC(=O)c1cccc(N/C=C2\C[C@H](S)CN2)c1. The van der Waals surface area contributed by atoms with Gasteiger partial charge in [0.25, 0.3) is 5.91 Å². The summed E-state index contributed by atoms with van der Waals surface area (Å²) in [7, 11) is 1.32. The molecule has 0 saturated carbocycles. The number of thioether (sulfide) groups is 1. The van der Waals surface area contributed by atoms with Crippen molar-refractivity contribution < 1.29 is 14.3 Å². The predicted molar refractivity (Wildman–Crippen MR) is 110 cm³/mol. The number of esters is 1. The van der Waals surface area contributed by atoms with Gasteiger partial charge in [0.15, 0.2) is 0 Å². The molecule has 1 heterocycles. The maximum Gasteiger partial charge on any atom is 0.328 e. The third kappa shape index (κ3) is 6.17. The van der Waals surface area contributed by atoms with E-state index in [1.165, 1.54) is 7.11 Å². The van der Waals surface area contributed by atoms with Gasteiger partial charge in [-0.2, -0.15) is 24.4 Å². The highest BCUT2D eigenvalue weighted by atomic mass is 32.2. The van der Waals surface area contributed by atoms with Crippen LogP contribution in [0, 0.1) is 0 Å². The quantitative estimate of drug-likeness (QED) is 0.399. The summed E-state index contributed by atoms with van der Waals surface area (Å²) >= 11 is 6.05. The number of methoxy groups -OCH3 is 1. The van der Waals surface area contributed by atoms with Crippen LogP contribution in [0.5, 0.6) is 0 Å². The summed E-state index contributed by atoms with van der Waals surface area (Å²) in [6.07, 6.45) is 5.25. The van der Waals surface area contributed by atoms with E-state index < -0.39 is 12.0 Å². The number of nitrogens with one attached hydrogen (secondary N) is 3. The summed E-state index contributed by atoms with van der Waals surface area (Å²) in [6.45, 7) is 0.851. The highest BCUT2D eigenvalue weighted by Gasteiger charge is 2.21. The highest BCUT2D eigenvalue weighted by Crippen LogP contribution is 2.17. The van der Waals surface area contributed by atoms with Gasteiger partial charge >= 0.3 is 5.97 Å². The van der Waals surface area contributed by atoms with E-state index in [2.05, 4.69) is 28.6 Å². The van der Waals surface area contributed by atoms with Crippen LogP contribution < -0.4 is 16.0 Å². The summed E-state index contributed by atoms with van der Waals surface area (Å²) in [5, 5.41) is 9.55. The molecule has 1 aliphatic rings. The molecule has 1 unspecified atom stereocenters. The number of benzene rings is 1. The van der Waals surface area contributed by atoms with Crippen LogP contribution >= 0.6 is 24.4 Å². The van der Waals surface area contributed by atoms with Crippen molar-refractivity contribution in [2.24, 2.45) is 0 Å². The Morgan fingerprint density at radius 1 is 1.50 bits per heavy atom. The molecule has 1 aromatic rings. The molecule has 1 saturated heterocycles. The summed E-state index contributed by atoms with van der Waals surface area (Å²) in [6, 6.07) is 6.51. The molecule has 8 heteroatoms. The molecule has 0 spiro atoms. The van der Waals surface area contributed by atoms with Gasteiger partial charge in [0.05, 0.1) is 7.11 Å². The lowest BCUT2D eigenvalue weighted by Crippen LogP contribution is -2.41. The fourth-order valence-corrected chi connectivity index (χ4v) is 3.31. The highest BCUT2D eigenvalue weighted by molar-refractivity contribution is 7.98. The Hall–Kier alpha value is -1.80. The third-order valence-electron chi connectivity index (χ3n) is 3.96. The Labute approximate surface area is 163 Å². The number of thiol groups is 1. The van der Waals surface area contributed by atoms with Gasteiger partial charge in [-0.3, -0.25) is 4.79 Å². The maximum absolute atomic E-state index is 12.5. The zero-order chi connectivity index (χ0) is 18.9. The van der Waals surface area contributed by atoms with Crippen molar-refractivity contribution in [2.45, 2.75) is 24.1 Å². The number of hydrogen-bond donors (Lipinski definition) is 4. The molecule has 1 aromatic carbocycles. The van der Waals surface area contributed by atoms with E-state index in [1.807, 2.05) is 18.5 Å². The van der Waals surface area contributed by atoms with Gasteiger partial charge < -0.3 is 20.7 Å². The molecule has 1 fully saturated rings. The molecule has 26 heavy (non-hydrogen) atoms. The normalized spacial score (nSPS) is 18.9. The monoisotopic (exact) mass is 395 g/mol. The van der Waals surface area contributed by atoms with Gasteiger partial charge in [-0.25, -0.2) is 4.79 Å². The number of allylic oxidation sites excluding steroid dienone is 1. The molecule has 2 rings (SSSR count). The summed E-state index contributed by atoms with van der Waals surface area (Å²) in [5.41, 5.74) is 2.37. The summed E-state index contributed by atoms with van der Waals surface area (Å²) in [5.74, 6) is 0.0289. The maximum atomic E-state index is 12.5. The van der Waals surface area contributed by atoms with Crippen molar-refractivity contribution in [3.05, 3.63) is 41.7 Å². The van der Waals surface area contributed by atoms with Crippen LogP contribution in [0.2, 0.25) is 0 Å². The standard InChI is InChI=1S/C18H25N3O3S2/c1-24-18(23)16(6-7-26-2)21-17(22)12-4-3-5-13(8-12)19-10-14-9-15(25)11-20-14/h3-5,8,10,15-16,19-20,25H,6-7,9,11H2,1-2H3,(H,21,22)/b14-10+/t15-,16?/m0/s1. The Morgan fingerprint density at radius 3 is 2.96 bits per heavy atom. The Morgan fingerprint density at radius 2 is 2.31 bits per heavy atom. The molecule has 0 aliphatic carbocycles. The van der Waals surface area contributed by atoms with Crippen LogP contribution in [0.4, 0.5) is 5.69 Å². The van der Waals surface area contributed by atoms with Gasteiger partial charge in [-0.1, -0.05) is 6.07 Å². The zero-order valence-corrected chi connectivity index (χ0v) is 16.7. The van der Waals surface area contributed by atoms with Gasteiger partial charge in [0.2, 0.25) is 0 Å². The third-order valence-corrected chi connectivity index (χ3v) is 4.97. The van der Waals surface area contributed by atoms with E-state index >= 15 is 0 Å². The Balaban J connectivity index is 2.00. The minimum absolute atomic E-state index is 0.299. The summed E-state index contributed by atoms with van der Waals surface area (Å²) < 4.78 is 4.78. The van der Waals surface area contributed by atoms with Crippen molar-refractivity contribution in [1.82, 2.24) is 10.6 Å². The smallest absolute Gasteiger partial charge is 0.328 e. The topological polar surface area (TPSA) is 79.5 Å². The van der Waals surface area contributed by atoms with E-state index in [-0.39, 0.29) is 5.91 Å². The lowest BCUT2D eigenvalue weighted by atomic mass is 10.1. The minimum atomic E-state index is -0.645. The van der Waals surface area contributed by atoms with E-state index in [1.54, 1.807) is 30.0 Å². The molecule has 1 amide bonds. The lowest BCUT2D eigenvalue weighted by Gasteiger charge is -2.16. The number of ether oxygens (including phenoxy) is 1. The first-order chi connectivity index (χ1) is 12.5. The van der Waals surface area contributed by atoms with Crippen LogP contribution in [-0.4, -0.2) is 48.8 Å². The fourth-order valence-electron chi connectivity index (χ4n) is 2.55. The molecular formula is C18H25N3O3S2. The van der Waals surface area contributed by atoms with Crippen molar-refractivity contribution in [3.63, 3.8) is 0 Å². The number of rotatable bonds is 8. The van der Waals surface area contributed by atoms with E-state index in [0.29, 0.717) is 17.2 Å². The number of anilines is 1. The molecule has 0 bridgehead atoms. The van der Waals surface area contributed by atoms with Gasteiger partial charge in [-0.15, -0.1) is 0 Å². The number of hydrogen-bond acceptors (Lipinski definition) is 7. The van der Waals surface area contributed by atoms with Gasteiger partial charge in [0.1, 0.15) is 6.04 Å². The average Bonchev–Trinajstić information content (AvgIpc) is 3.08. The first-order valence-corrected chi connectivity index (χ1v) is 10.3. The van der Waals surface area contributed by atoms with Crippen LogP contribution in [-0.2, 0) is 9.53 Å². The molecule has 6 nitrogen and oxygen atoms in total. The minimum Gasteiger partial charge on any atom is -0.467 e. The second kappa shape index (κ2) is 10.4. The van der Waals surface area contributed by atoms with Crippen LogP contribution in [0.15, 0.2) is 36.2 Å². The zero-order valence-electron chi connectivity index (χ0n) is 15.0. The van der Waals surface area contributed by atoms with E-state index in [4.69, 9.17) is 4.74 Å². The molecule has 1 aliphatic heterocycles.